The van der Waals surface area contributed by atoms with Gasteiger partial charge in [-0.2, -0.15) is 11.8 Å². The van der Waals surface area contributed by atoms with Gasteiger partial charge in [-0.25, -0.2) is 0 Å². The second-order valence-electron chi connectivity index (χ2n) is 4.37. The van der Waals surface area contributed by atoms with Crippen LogP contribution in [0.15, 0.2) is 18.2 Å². The third kappa shape index (κ3) is 2.94. The summed E-state index contributed by atoms with van der Waals surface area (Å²) in [5, 5.41) is 3.52. The number of primary amides is 1. The summed E-state index contributed by atoms with van der Waals surface area (Å²) >= 11 is 2.01. The quantitative estimate of drug-likeness (QED) is 0.866. The molecule has 1 aromatic carbocycles. The number of rotatable bonds is 3. The summed E-state index contributed by atoms with van der Waals surface area (Å²) in [4.78, 5) is 11.3. The van der Waals surface area contributed by atoms with Gasteiger partial charge in [0.25, 0.3) is 0 Å². The molecule has 1 aliphatic heterocycles. The second kappa shape index (κ2) is 5.45. The minimum atomic E-state index is -0.356. The molecule has 0 unspecified atom stereocenters. The highest BCUT2D eigenvalue weighted by Gasteiger charge is 2.15. The Morgan fingerprint density at radius 1 is 1.41 bits per heavy atom. The maximum Gasteiger partial charge on any atom is 0.249 e. The maximum atomic E-state index is 11.3. The van der Waals surface area contributed by atoms with Gasteiger partial charge < -0.3 is 11.1 Å². The zero-order chi connectivity index (χ0) is 12.3. The molecule has 1 fully saturated rings. The molecule has 0 bridgehead atoms. The predicted molar refractivity (Wildman–Crippen MR) is 73.7 cm³/mol. The Kier molecular flexibility index (Phi) is 3.94. The normalized spacial score (nSPS) is 16.8. The lowest BCUT2D eigenvalue weighted by Crippen LogP contribution is -2.25. The Morgan fingerprint density at radius 2 is 2.12 bits per heavy atom. The molecule has 1 saturated heterocycles. The van der Waals surface area contributed by atoms with E-state index in [4.69, 9.17) is 5.73 Å². The first-order valence-electron chi connectivity index (χ1n) is 5.92. The van der Waals surface area contributed by atoms with Gasteiger partial charge in [-0.1, -0.05) is 6.07 Å². The van der Waals surface area contributed by atoms with Gasteiger partial charge in [-0.05, 0) is 49.0 Å². The average Bonchev–Trinajstić information content (AvgIpc) is 2.33. The van der Waals surface area contributed by atoms with Gasteiger partial charge in [0.2, 0.25) is 5.91 Å². The van der Waals surface area contributed by atoms with Crippen LogP contribution in [-0.4, -0.2) is 23.5 Å². The van der Waals surface area contributed by atoms with E-state index >= 15 is 0 Å². The van der Waals surface area contributed by atoms with E-state index in [1.54, 1.807) is 6.07 Å². The van der Waals surface area contributed by atoms with E-state index in [0.717, 1.165) is 11.3 Å². The summed E-state index contributed by atoms with van der Waals surface area (Å²) < 4.78 is 0. The van der Waals surface area contributed by atoms with Crippen molar-refractivity contribution in [3.05, 3.63) is 29.3 Å². The highest BCUT2D eigenvalue weighted by Crippen LogP contribution is 2.24. The van der Waals surface area contributed by atoms with Gasteiger partial charge in [0, 0.05) is 17.3 Å². The fourth-order valence-electron chi connectivity index (χ4n) is 2.12. The third-order valence-electron chi connectivity index (χ3n) is 3.18. The molecule has 2 rings (SSSR count). The summed E-state index contributed by atoms with van der Waals surface area (Å²) in [6, 6.07) is 6.20. The Hall–Kier alpha value is -1.16. The number of nitrogens with one attached hydrogen (secondary N) is 1. The van der Waals surface area contributed by atoms with Crippen molar-refractivity contribution in [2.45, 2.75) is 25.8 Å². The summed E-state index contributed by atoms with van der Waals surface area (Å²) in [6.45, 7) is 1.94. The SMILES string of the molecule is Cc1c(NC2CCSCC2)cccc1C(N)=O. The Balaban J connectivity index is 2.15. The van der Waals surface area contributed by atoms with Crippen molar-refractivity contribution in [3.63, 3.8) is 0 Å². The second-order valence-corrected chi connectivity index (χ2v) is 5.60. The highest BCUT2D eigenvalue weighted by atomic mass is 32.2. The van der Waals surface area contributed by atoms with Crippen LogP contribution < -0.4 is 11.1 Å². The van der Waals surface area contributed by atoms with E-state index in [2.05, 4.69) is 5.32 Å². The van der Waals surface area contributed by atoms with Crippen LogP contribution in [0.2, 0.25) is 0 Å². The van der Waals surface area contributed by atoms with E-state index in [0.29, 0.717) is 11.6 Å². The Morgan fingerprint density at radius 3 is 2.76 bits per heavy atom. The van der Waals surface area contributed by atoms with Crippen LogP contribution in [0.4, 0.5) is 5.69 Å². The molecule has 1 aromatic rings. The number of hydrogen-bond donors (Lipinski definition) is 2. The van der Waals surface area contributed by atoms with E-state index in [1.807, 2.05) is 30.8 Å². The molecule has 3 nitrogen and oxygen atoms in total. The summed E-state index contributed by atoms with van der Waals surface area (Å²) in [6.07, 6.45) is 2.37. The molecule has 0 spiro atoms. The van der Waals surface area contributed by atoms with Crippen molar-refractivity contribution in [3.8, 4) is 0 Å². The van der Waals surface area contributed by atoms with Crippen molar-refractivity contribution in [1.82, 2.24) is 0 Å². The first kappa shape index (κ1) is 12.3. The van der Waals surface area contributed by atoms with Crippen molar-refractivity contribution < 1.29 is 4.79 Å². The molecule has 17 heavy (non-hydrogen) atoms. The van der Waals surface area contributed by atoms with Gasteiger partial charge >= 0.3 is 0 Å². The van der Waals surface area contributed by atoms with E-state index < -0.39 is 0 Å². The lowest BCUT2D eigenvalue weighted by molar-refractivity contribution is 0.1000. The van der Waals surface area contributed by atoms with Gasteiger partial charge in [0.05, 0.1) is 0 Å². The molecule has 0 saturated carbocycles. The minimum absolute atomic E-state index is 0.356. The van der Waals surface area contributed by atoms with Crippen molar-refractivity contribution in [2.75, 3.05) is 16.8 Å². The van der Waals surface area contributed by atoms with Crippen LogP contribution in [0.1, 0.15) is 28.8 Å². The molecule has 0 radical (unpaired) electrons. The maximum absolute atomic E-state index is 11.3. The Bertz CT molecular complexity index is 414. The summed E-state index contributed by atoms with van der Waals surface area (Å²) in [7, 11) is 0. The van der Waals surface area contributed by atoms with Crippen molar-refractivity contribution in [1.29, 1.82) is 0 Å². The number of nitrogens with two attached hydrogens (primary N) is 1. The number of anilines is 1. The van der Waals surface area contributed by atoms with Crippen LogP contribution >= 0.6 is 11.8 Å². The van der Waals surface area contributed by atoms with Crippen molar-refractivity contribution in [2.24, 2.45) is 5.73 Å². The summed E-state index contributed by atoms with van der Waals surface area (Å²) in [5.74, 6) is 2.07. The molecular weight excluding hydrogens is 232 g/mol. The lowest BCUT2D eigenvalue weighted by Gasteiger charge is -2.24. The number of benzene rings is 1. The molecular formula is C13H18N2OS. The number of thioether (sulfide) groups is 1. The van der Waals surface area contributed by atoms with Crippen LogP contribution in [-0.2, 0) is 0 Å². The van der Waals surface area contributed by atoms with Gasteiger partial charge in [0.15, 0.2) is 0 Å². The third-order valence-corrected chi connectivity index (χ3v) is 4.23. The number of amides is 1. The first-order valence-corrected chi connectivity index (χ1v) is 7.07. The predicted octanol–water partition coefficient (Wildman–Crippen LogP) is 2.40. The molecule has 1 aliphatic rings. The summed E-state index contributed by atoms with van der Waals surface area (Å²) in [5.41, 5.74) is 7.95. The molecule has 1 heterocycles. The zero-order valence-electron chi connectivity index (χ0n) is 10.0. The first-order chi connectivity index (χ1) is 8.18. The smallest absolute Gasteiger partial charge is 0.249 e. The van der Waals surface area contributed by atoms with Gasteiger partial charge in [0.1, 0.15) is 0 Å². The van der Waals surface area contributed by atoms with Crippen LogP contribution in [0.5, 0.6) is 0 Å². The molecule has 0 atom stereocenters. The fraction of sp³-hybridized carbons (Fsp3) is 0.462. The van der Waals surface area contributed by atoms with E-state index in [9.17, 15) is 4.79 Å². The van der Waals surface area contributed by atoms with Gasteiger partial charge in [-0.15, -0.1) is 0 Å². The fourth-order valence-corrected chi connectivity index (χ4v) is 3.23. The van der Waals surface area contributed by atoms with Crippen LogP contribution in [0.25, 0.3) is 0 Å². The monoisotopic (exact) mass is 250 g/mol. The average molecular weight is 250 g/mol. The van der Waals surface area contributed by atoms with Crippen LogP contribution in [0.3, 0.4) is 0 Å². The lowest BCUT2D eigenvalue weighted by atomic mass is 10.0. The molecule has 0 aromatic heterocycles. The molecule has 4 heteroatoms. The largest absolute Gasteiger partial charge is 0.382 e. The number of hydrogen-bond acceptors (Lipinski definition) is 3. The molecule has 92 valence electrons. The van der Waals surface area contributed by atoms with Crippen LogP contribution in [0, 0.1) is 6.92 Å². The Labute approximate surface area is 106 Å². The van der Waals surface area contributed by atoms with Crippen molar-refractivity contribution >= 4 is 23.4 Å². The zero-order valence-corrected chi connectivity index (χ0v) is 10.8. The van der Waals surface area contributed by atoms with E-state index in [1.165, 1.54) is 24.3 Å². The standard InChI is InChI=1S/C13H18N2OS/c1-9-11(13(14)16)3-2-4-12(9)15-10-5-7-17-8-6-10/h2-4,10,15H,5-8H2,1H3,(H2,14,16). The molecule has 3 N–H and O–H groups in total. The topological polar surface area (TPSA) is 55.1 Å². The number of carbonyl (C=O) groups is 1. The number of carbonyl (C=O) groups excluding carboxylic acids is 1. The highest BCUT2D eigenvalue weighted by molar-refractivity contribution is 7.99. The molecule has 0 aliphatic carbocycles. The molecule has 1 amide bonds. The minimum Gasteiger partial charge on any atom is -0.382 e. The van der Waals surface area contributed by atoms with E-state index in [-0.39, 0.29) is 5.91 Å². The van der Waals surface area contributed by atoms with Gasteiger partial charge in [-0.3, -0.25) is 4.79 Å².